The smallest absolute Gasteiger partial charge is 0.138 e. The summed E-state index contributed by atoms with van der Waals surface area (Å²) in [4.78, 5) is 7.56. The number of benzene rings is 2. The van der Waals surface area contributed by atoms with Gasteiger partial charge in [-0.3, -0.25) is 0 Å². The molecule has 1 N–H and O–H groups in total. The largest absolute Gasteiger partial charge is 0.494 e. The summed E-state index contributed by atoms with van der Waals surface area (Å²) in [6, 6.07) is 16.5. The zero-order valence-electron chi connectivity index (χ0n) is 12.0. The Kier molecular flexibility index (Phi) is 4.01. The van der Waals surface area contributed by atoms with Crippen LogP contribution in [0.15, 0.2) is 60.9 Å². The number of nitrogens with zero attached hydrogens (tertiary/aromatic N) is 1. The lowest BCUT2D eigenvalue weighted by Crippen LogP contribution is -1.96. The van der Waals surface area contributed by atoms with Crippen LogP contribution in [0.4, 0.5) is 0 Å². The molecule has 0 bridgehead atoms. The third-order valence-electron chi connectivity index (χ3n) is 3.30. The predicted molar refractivity (Wildman–Crippen MR) is 85.2 cm³/mol. The highest BCUT2D eigenvalue weighted by Crippen LogP contribution is 2.33. The molecule has 1 aromatic heterocycles. The SMILES string of the molecule is CCCOc1ccc(-c2ccccc2)c(-c2ncc[nH]2)c1. The highest BCUT2D eigenvalue weighted by molar-refractivity contribution is 5.81. The summed E-state index contributed by atoms with van der Waals surface area (Å²) >= 11 is 0. The standard InChI is InChI=1S/C18H18N2O/c1-2-12-21-15-8-9-16(14-6-4-3-5-7-14)17(13-15)18-19-10-11-20-18/h3-11,13H,2,12H2,1H3,(H,19,20). The van der Waals surface area contributed by atoms with Gasteiger partial charge in [0.2, 0.25) is 0 Å². The van der Waals surface area contributed by atoms with Gasteiger partial charge in [0.15, 0.2) is 0 Å². The minimum atomic E-state index is 0.724. The van der Waals surface area contributed by atoms with E-state index in [1.165, 1.54) is 5.56 Å². The van der Waals surface area contributed by atoms with Crippen molar-refractivity contribution in [3.05, 3.63) is 60.9 Å². The first kappa shape index (κ1) is 13.4. The Morgan fingerprint density at radius 2 is 1.90 bits per heavy atom. The molecule has 1 heterocycles. The van der Waals surface area contributed by atoms with Crippen LogP contribution < -0.4 is 4.74 Å². The van der Waals surface area contributed by atoms with Gasteiger partial charge in [0.1, 0.15) is 11.6 Å². The molecule has 0 fully saturated rings. The molecule has 0 aliphatic carbocycles. The third-order valence-corrected chi connectivity index (χ3v) is 3.30. The molecule has 21 heavy (non-hydrogen) atoms. The average Bonchev–Trinajstić information content (AvgIpc) is 3.08. The van der Waals surface area contributed by atoms with Crippen molar-refractivity contribution >= 4 is 0 Å². The Hall–Kier alpha value is -2.55. The number of rotatable bonds is 5. The van der Waals surface area contributed by atoms with Crippen molar-refractivity contribution in [2.75, 3.05) is 6.61 Å². The van der Waals surface area contributed by atoms with Gasteiger partial charge in [0.05, 0.1) is 6.61 Å². The molecule has 0 unspecified atom stereocenters. The number of aromatic nitrogens is 2. The lowest BCUT2D eigenvalue weighted by Gasteiger charge is -2.11. The van der Waals surface area contributed by atoms with Crippen molar-refractivity contribution in [3.8, 4) is 28.3 Å². The van der Waals surface area contributed by atoms with E-state index in [1.807, 2.05) is 30.5 Å². The molecule has 106 valence electrons. The average molecular weight is 278 g/mol. The molecular weight excluding hydrogens is 260 g/mol. The van der Waals surface area contributed by atoms with Crippen molar-refractivity contribution in [2.45, 2.75) is 13.3 Å². The van der Waals surface area contributed by atoms with Crippen molar-refractivity contribution in [1.82, 2.24) is 9.97 Å². The van der Waals surface area contributed by atoms with E-state index in [0.29, 0.717) is 0 Å². The normalized spacial score (nSPS) is 10.5. The van der Waals surface area contributed by atoms with Crippen LogP contribution in [0.1, 0.15) is 13.3 Å². The quantitative estimate of drug-likeness (QED) is 0.744. The van der Waals surface area contributed by atoms with Gasteiger partial charge in [-0.2, -0.15) is 0 Å². The van der Waals surface area contributed by atoms with Crippen LogP contribution in [0.25, 0.3) is 22.5 Å². The number of H-pyrrole nitrogens is 1. The first-order valence-corrected chi connectivity index (χ1v) is 7.20. The van der Waals surface area contributed by atoms with E-state index >= 15 is 0 Å². The summed E-state index contributed by atoms with van der Waals surface area (Å²) < 4.78 is 5.74. The van der Waals surface area contributed by atoms with Gasteiger partial charge in [0, 0.05) is 18.0 Å². The predicted octanol–water partition coefficient (Wildman–Crippen LogP) is 4.53. The maximum atomic E-state index is 5.74. The van der Waals surface area contributed by atoms with Crippen LogP contribution in [0.3, 0.4) is 0 Å². The van der Waals surface area contributed by atoms with E-state index < -0.39 is 0 Å². The van der Waals surface area contributed by atoms with E-state index in [9.17, 15) is 0 Å². The fourth-order valence-electron chi connectivity index (χ4n) is 2.31. The summed E-state index contributed by atoms with van der Waals surface area (Å²) in [5, 5.41) is 0. The number of imidazole rings is 1. The van der Waals surface area contributed by atoms with Gasteiger partial charge >= 0.3 is 0 Å². The first-order valence-electron chi connectivity index (χ1n) is 7.20. The molecule has 0 atom stereocenters. The van der Waals surface area contributed by atoms with Crippen molar-refractivity contribution < 1.29 is 4.74 Å². The van der Waals surface area contributed by atoms with Gasteiger partial charge < -0.3 is 9.72 Å². The summed E-state index contributed by atoms with van der Waals surface area (Å²) in [7, 11) is 0. The second-order valence-corrected chi connectivity index (χ2v) is 4.86. The molecule has 0 aliphatic heterocycles. The van der Waals surface area contributed by atoms with E-state index in [0.717, 1.165) is 35.7 Å². The summed E-state index contributed by atoms with van der Waals surface area (Å²) in [5.74, 6) is 1.73. The van der Waals surface area contributed by atoms with Gasteiger partial charge in [-0.1, -0.05) is 37.3 Å². The molecule has 0 aliphatic rings. The van der Waals surface area contributed by atoms with E-state index in [-0.39, 0.29) is 0 Å². The van der Waals surface area contributed by atoms with E-state index in [2.05, 4.69) is 41.2 Å². The molecule has 0 saturated heterocycles. The van der Waals surface area contributed by atoms with E-state index in [4.69, 9.17) is 4.74 Å². The second kappa shape index (κ2) is 6.27. The monoisotopic (exact) mass is 278 g/mol. The highest BCUT2D eigenvalue weighted by Gasteiger charge is 2.10. The summed E-state index contributed by atoms with van der Waals surface area (Å²) in [6.07, 6.45) is 4.60. The van der Waals surface area contributed by atoms with Crippen LogP contribution >= 0.6 is 0 Å². The molecule has 3 heteroatoms. The first-order chi connectivity index (χ1) is 10.4. The maximum absolute atomic E-state index is 5.74. The van der Waals surface area contributed by atoms with Crippen molar-refractivity contribution in [3.63, 3.8) is 0 Å². The van der Waals surface area contributed by atoms with Crippen LogP contribution in [-0.4, -0.2) is 16.6 Å². The van der Waals surface area contributed by atoms with Gasteiger partial charge in [-0.25, -0.2) is 4.98 Å². The lowest BCUT2D eigenvalue weighted by atomic mass is 9.99. The molecule has 0 saturated carbocycles. The molecule has 0 amide bonds. The number of aromatic amines is 1. The molecule has 0 radical (unpaired) electrons. The fraction of sp³-hybridized carbons (Fsp3) is 0.167. The van der Waals surface area contributed by atoms with Crippen molar-refractivity contribution in [1.29, 1.82) is 0 Å². The highest BCUT2D eigenvalue weighted by atomic mass is 16.5. The molecule has 2 aromatic carbocycles. The lowest BCUT2D eigenvalue weighted by molar-refractivity contribution is 0.317. The number of hydrogen-bond acceptors (Lipinski definition) is 2. The zero-order valence-corrected chi connectivity index (χ0v) is 12.0. The van der Waals surface area contributed by atoms with E-state index in [1.54, 1.807) is 6.20 Å². The number of ether oxygens (including phenoxy) is 1. The molecular formula is C18H18N2O. The Labute approximate surface area is 124 Å². The Bertz CT molecular complexity index is 691. The summed E-state index contributed by atoms with van der Waals surface area (Å²) in [6.45, 7) is 2.83. The van der Waals surface area contributed by atoms with Gasteiger partial charge in [-0.15, -0.1) is 0 Å². The van der Waals surface area contributed by atoms with Crippen molar-refractivity contribution in [2.24, 2.45) is 0 Å². The van der Waals surface area contributed by atoms with Crippen LogP contribution in [0.5, 0.6) is 5.75 Å². The fourth-order valence-corrected chi connectivity index (χ4v) is 2.31. The number of hydrogen-bond donors (Lipinski definition) is 1. The Morgan fingerprint density at radius 3 is 2.62 bits per heavy atom. The second-order valence-electron chi connectivity index (χ2n) is 4.86. The van der Waals surface area contributed by atoms with Gasteiger partial charge in [-0.05, 0) is 35.7 Å². The topological polar surface area (TPSA) is 37.9 Å². The molecule has 0 spiro atoms. The molecule has 3 nitrogen and oxygen atoms in total. The zero-order chi connectivity index (χ0) is 14.5. The molecule has 3 rings (SSSR count). The minimum Gasteiger partial charge on any atom is -0.494 e. The minimum absolute atomic E-state index is 0.724. The Balaban J connectivity index is 2.07. The van der Waals surface area contributed by atoms with Crippen LogP contribution in [-0.2, 0) is 0 Å². The van der Waals surface area contributed by atoms with Crippen LogP contribution in [0, 0.1) is 0 Å². The maximum Gasteiger partial charge on any atom is 0.138 e. The molecule has 3 aromatic rings. The summed E-state index contributed by atoms with van der Waals surface area (Å²) in [5.41, 5.74) is 3.38. The van der Waals surface area contributed by atoms with Gasteiger partial charge in [0.25, 0.3) is 0 Å². The Morgan fingerprint density at radius 1 is 1.05 bits per heavy atom. The number of nitrogens with one attached hydrogen (secondary N) is 1. The van der Waals surface area contributed by atoms with Crippen LogP contribution in [0.2, 0.25) is 0 Å². The third kappa shape index (κ3) is 2.97.